The summed E-state index contributed by atoms with van der Waals surface area (Å²) in [5.74, 6) is 1.75. The van der Waals surface area contributed by atoms with Gasteiger partial charge in [-0.15, -0.1) is 0 Å². The lowest BCUT2D eigenvalue weighted by Crippen LogP contribution is -2.46. The normalized spacial score (nSPS) is 27.7. The molecule has 2 N–H and O–H groups in total. The quantitative estimate of drug-likeness (QED) is 0.907. The SMILES string of the molecule is CC(N)C1CCN(C2CC(C)(C)Oc3ccccc32)CC1. The van der Waals surface area contributed by atoms with E-state index in [2.05, 4.69) is 49.9 Å². The van der Waals surface area contributed by atoms with Crippen LogP contribution >= 0.6 is 0 Å². The van der Waals surface area contributed by atoms with Gasteiger partial charge in [0.25, 0.3) is 0 Å². The van der Waals surface area contributed by atoms with Gasteiger partial charge >= 0.3 is 0 Å². The molecule has 2 unspecified atom stereocenters. The molecule has 0 bridgehead atoms. The first kappa shape index (κ1) is 14.9. The first-order chi connectivity index (χ1) is 9.96. The highest BCUT2D eigenvalue weighted by Gasteiger charge is 2.37. The molecule has 2 aliphatic rings. The highest BCUT2D eigenvalue weighted by atomic mass is 16.5. The molecule has 0 saturated carbocycles. The Morgan fingerprint density at radius 3 is 2.57 bits per heavy atom. The van der Waals surface area contributed by atoms with Crippen LogP contribution in [0.3, 0.4) is 0 Å². The fourth-order valence-corrected chi connectivity index (χ4v) is 3.85. The molecule has 3 nitrogen and oxygen atoms in total. The van der Waals surface area contributed by atoms with Gasteiger partial charge in [-0.3, -0.25) is 4.90 Å². The lowest BCUT2D eigenvalue weighted by Gasteiger charge is -2.45. The van der Waals surface area contributed by atoms with Crippen molar-refractivity contribution < 1.29 is 4.74 Å². The molecule has 2 aliphatic heterocycles. The Balaban J connectivity index is 1.79. The standard InChI is InChI=1S/C18H28N2O/c1-13(19)14-8-10-20(11-9-14)16-12-18(2,3)21-17-7-5-4-6-15(16)17/h4-7,13-14,16H,8-12,19H2,1-3H3. The lowest BCUT2D eigenvalue weighted by molar-refractivity contribution is 0.0170. The maximum Gasteiger partial charge on any atom is 0.124 e. The number of fused-ring (bicyclic) bond motifs is 1. The number of benzene rings is 1. The van der Waals surface area contributed by atoms with Crippen LogP contribution in [0.5, 0.6) is 5.75 Å². The van der Waals surface area contributed by atoms with Crippen molar-refractivity contribution in [2.24, 2.45) is 11.7 Å². The minimum atomic E-state index is -0.0863. The summed E-state index contributed by atoms with van der Waals surface area (Å²) in [4.78, 5) is 2.64. The zero-order chi connectivity index (χ0) is 15.0. The van der Waals surface area contributed by atoms with E-state index in [0.29, 0.717) is 18.0 Å². The molecule has 3 rings (SSSR count). The lowest BCUT2D eigenvalue weighted by atomic mass is 9.85. The summed E-state index contributed by atoms with van der Waals surface area (Å²) in [6.45, 7) is 8.85. The minimum absolute atomic E-state index is 0.0863. The maximum absolute atomic E-state index is 6.15. The largest absolute Gasteiger partial charge is 0.487 e. The molecule has 2 atom stereocenters. The van der Waals surface area contributed by atoms with Gasteiger partial charge in [-0.05, 0) is 58.7 Å². The second-order valence-electron chi connectivity index (χ2n) is 7.35. The van der Waals surface area contributed by atoms with E-state index in [-0.39, 0.29) is 5.60 Å². The van der Waals surface area contributed by atoms with E-state index >= 15 is 0 Å². The number of piperidine rings is 1. The Hall–Kier alpha value is -1.06. The fourth-order valence-electron chi connectivity index (χ4n) is 3.85. The fraction of sp³-hybridized carbons (Fsp3) is 0.667. The predicted molar refractivity (Wildman–Crippen MR) is 86.5 cm³/mol. The van der Waals surface area contributed by atoms with Crippen LogP contribution in [-0.2, 0) is 0 Å². The van der Waals surface area contributed by atoms with Crippen LogP contribution in [0.2, 0.25) is 0 Å². The van der Waals surface area contributed by atoms with Gasteiger partial charge in [-0.2, -0.15) is 0 Å². The Morgan fingerprint density at radius 1 is 1.24 bits per heavy atom. The molecule has 0 radical (unpaired) electrons. The van der Waals surface area contributed by atoms with Gasteiger partial charge < -0.3 is 10.5 Å². The summed E-state index contributed by atoms with van der Waals surface area (Å²) in [7, 11) is 0. The van der Waals surface area contributed by atoms with Crippen molar-refractivity contribution in [3.63, 3.8) is 0 Å². The number of nitrogens with zero attached hydrogens (tertiary/aromatic N) is 1. The van der Waals surface area contributed by atoms with Crippen molar-refractivity contribution >= 4 is 0 Å². The Bertz CT molecular complexity index is 490. The van der Waals surface area contributed by atoms with Gasteiger partial charge in [-0.25, -0.2) is 0 Å². The van der Waals surface area contributed by atoms with Gasteiger partial charge in [0.2, 0.25) is 0 Å². The highest BCUT2D eigenvalue weighted by Crippen LogP contribution is 2.43. The number of nitrogens with two attached hydrogens (primary N) is 1. The third-order valence-corrected chi connectivity index (χ3v) is 5.11. The summed E-state index contributed by atoms with van der Waals surface area (Å²) in [6.07, 6.45) is 3.50. The van der Waals surface area contributed by atoms with Gasteiger partial charge in [-0.1, -0.05) is 18.2 Å². The Morgan fingerprint density at radius 2 is 1.90 bits per heavy atom. The number of likely N-dealkylation sites (tertiary alicyclic amines) is 1. The second kappa shape index (κ2) is 5.62. The van der Waals surface area contributed by atoms with Crippen LogP contribution in [-0.4, -0.2) is 29.6 Å². The number of para-hydroxylation sites is 1. The molecule has 1 fully saturated rings. The molecule has 1 saturated heterocycles. The van der Waals surface area contributed by atoms with Crippen LogP contribution in [0, 0.1) is 5.92 Å². The molecule has 1 aromatic rings. The van der Waals surface area contributed by atoms with Crippen LogP contribution in [0.15, 0.2) is 24.3 Å². The molecule has 21 heavy (non-hydrogen) atoms. The van der Waals surface area contributed by atoms with E-state index in [0.717, 1.165) is 25.3 Å². The van der Waals surface area contributed by atoms with E-state index in [9.17, 15) is 0 Å². The molecule has 1 aromatic carbocycles. The van der Waals surface area contributed by atoms with Crippen molar-refractivity contribution in [2.75, 3.05) is 13.1 Å². The molecule has 2 heterocycles. The summed E-state index contributed by atoms with van der Waals surface area (Å²) in [5.41, 5.74) is 7.34. The summed E-state index contributed by atoms with van der Waals surface area (Å²) < 4.78 is 6.15. The van der Waals surface area contributed by atoms with Crippen LogP contribution in [0.25, 0.3) is 0 Å². The zero-order valence-electron chi connectivity index (χ0n) is 13.5. The molecular formula is C18H28N2O. The van der Waals surface area contributed by atoms with Gasteiger partial charge in [0.15, 0.2) is 0 Å². The van der Waals surface area contributed by atoms with E-state index in [1.807, 2.05) is 0 Å². The first-order valence-corrected chi connectivity index (χ1v) is 8.24. The number of hydrogen-bond donors (Lipinski definition) is 1. The average Bonchev–Trinajstić information content (AvgIpc) is 2.45. The van der Waals surface area contributed by atoms with Gasteiger partial charge in [0.05, 0.1) is 0 Å². The van der Waals surface area contributed by atoms with E-state index in [1.54, 1.807) is 0 Å². The van der Waals surface area contributed by atoms with Crippen molar-refractivity contribution in [3.8, 4) is 5.75 Å². The van der Waals surface area contributed by atoms with Crippen molar-refractivity contribution in [2.45, 2.75) is 57.7 Å². The molecule has 3 heteroatoms. The van der Waals surface area contributed by atoms with Crippen LogP contribution in [0.1, 0.15) is 51.6 Å². The predicted octanol–water partition coefficient (Wildman–Crippen LogP) is 3.35. The maximum atomic E-state index is 6.15. The van der Waals surface area contributed by atoms with Crippen LogP contribution < -0.4 is 10.5 Å². The average molecular weight is 288 g/mol. The van der Waals surface area contributed by atoms with Crippen molar-refractivity contribution in [1.29, 1.82) is 0 Å². The summed E-state index contributed by atoms with van der Waals surface area (Å²) >= 11 is 0. The molecule has 0 aliphatic carbocycles. The van der Waals surface area contributed by atoms with Crippen molar-refractivity contribution in [3.05, 3.63) is 29.8 Å². The van der Waals surface area contributed by atoms with Gasteiger partial charge in [0, 0.05) is 24.1 Å². The van der Waals surface area contributed by atoms with E-state index in [1.165, 1.54) is 18.4 Å². The monoisotopic (exact) mass is 288 g/mol. The highest BCUT2D eigenvalue weighted by molar-refractivity contribution is 5.38. The molecule has 0 spiro atoms. The summed E-state index contributed by atoms with van der Waals surface area (Å²) in [6, 6.07) is 9.34. The van der Waals surface area contributed by atoms with E-state index < -0.39 is 0 Å². The molecule has 0 amide bonds. The topological polar surface area (TPSA) is 38.5 Å². The zero-order valence-corrected chi connectivity index (χ0v) is 13.5. The molecule has 0 aromatic heterocycles. The third kappa shape index (κ3) is 3.09. The third-order valence-electron chi connectivity index (χ3n) is 5.11. The first-order valence-electron chi connectivity index (χ1n) is 8.24. The van der Waals surface area contributed by atoms with Gasteiger partial charge in [0.1, 0.15) is 11.4 Å². The number of ether oxygens (including phenoxy) is 1. The Kier molecular flexibility index (Phi) is 3.98. The smallest absolute Gasteiger partial charge is 0.124 e. The molecule has 116 valence electrons. The second-order valence-corrected chi connectivity index (χ2v) is 7.35. The minimum Gasteiger partial charge on any atom is -0.487 e. The Labute approximate surface area is 128 Å². The number of hydrogen-bond acceptors (Lipinski definition) is 3. The van der Waals surface area contributed by atoms with E-state index in [4.69, 9.17) is 10.5 Å². The summed E-state index contributed by atoms with van der Waals surface area (Å²) in [5, 5.41) is 0. The van der Waals surface area contributed by atoms with Crippen molar-refractivity contribution in [1.82, 2.24) is 4.90 Å². The van der Waals surface area contributed by atoms with Crippen LogP contribution in [0.4, 0.5) is 0 Å². The number of rotatable bonds is 2. The molecular weight excluding hydrogens is 260 g/mol.